The molecule has 0 bridgehead atoms. The number of alkyl halides is 3. The second kappa shape index (κ2) is 12.7. The highest BCUT2D eigenvalue weighted by Crippen LogP contribution is 2.33. The number of halogens is 5. The third-order valence-corrected chi connectivity index (χ3v) is 7.05. The number of nitrogens with zero attached hydrogens (tertiary/aromatic N) is 4. The maximum Gasteiger partial charge on any atom is 0.416 e. The van der Waals surface area contributed by atoms with Crippen molar-refractivity contribution < 1.29 is 31.6 Å². The lowest BCUT2D eigenvalue weighted by Crippen LogP contribution is -2.39. The van der Waals surface area contributed by atoms with Crippen LogP contribution in [0.3, 0.4) is 0 Å². The van der Waals surface area contributed by atoms with Crippen LogP contribution in [0.5, 0.6) is 5.75 Å². The molecular formula is C30H31F5N4O2. The lowest BCUT2D eigenvalue weighted by molar-refractivity contribution is -0.137. The first-order valence-corrected chi connectivity index (χ1v) is 13.4. The number of oxime groups is 1. The molecule has 4 rings (SSSR count). The predicted octanol–water partition coefficient (Wildman–Crippen LogP) is 6.92. The van der Waals surface area contributed by atoms with E-state index >= 15 is 0 Å². The van der Waals surface area contributed by atoms with Crippen LogP contribution in [-0.2, 0) is 17.4 Å². The number of aryl methyl sites for hydroxylation is 2. The molecule has 1 aromatic heterocycles. The standard InChI is InChI=1S/C30H31F5N4O2/c1-4-7-26(38-41-22-9-5-8-21(16-22)30(33,34)35)28-18(2)36-19(3)37-29(28)20-12-14-39(15-13-20)27(40)17-23-24(31)10-6-11-25(23)32/h5-6,8-11,16,20H,4,7,12-15,17H2,1-3H3/b38-26+. The Bertz CT molecular complexity index is 1410. The number of carbonyl (C=O) groups excluding carboxylic acids is 1. The number of benzene rings is 2. The number of hydrogen-bond acceptors (Lipinski definition) is 5. The fourth-order valence-corrected chi connectivity index (χ4v) is 5.05. The molecule has 1 saturated heterocycles. The van der Waals surface area contributed by atoms with E-state index in [0.717, 1.165) is 30.0 Å². The molecule has 1 fully saturated rings. The summed E-state index contributed by atoms with van der Waals surface area (Å²) in [6, 6.07) is 8.04. The summed E-state index contributed by atoms with van der Waals surface area (Å²) in [5.74, 6) is -1.40. The van der Waals surface area contributed by atoms with Gasteiger partial charge in [0, 0.05) is 30.1 Å². The number of likely N-dealkylation sites (tertiary alicyclic amines) is 1. The van der Waals surface area contributed by atoms with E-state index in [9.17, 15) is 26.7 Å². The third-order valence-electron chi connectivity index (χ3n) is 7.05. The smallest absolute Gasteiger partial charge is 0.357 e. The number of amides is 1. The molecule has 0 spiro atoms. The van der Waals surface area contributed by atoms with Crippen molar-refractivity contribution in [3.63, 3.8) is 0 Å². The van der Waals surface area contributed by atoms with E-state index in [-0.39, 0.29) is 29.6 Å². The number of carbonyl (C=O) groups is 1. The van der Waals surface area contributed by atoms with Gasteiger partial charge in [-0.05, 0) is 63.4 Å². The number of rotatable bonds is 8. The molecule has 0 saturated carbocycles. The Labute approximate surface area is 235 Å². The summed E-state index contributed by atoms with van der Waals surface area (Å²) in [5.41, 5.74) is 1.53. The summed E-state index contributed by atoms with van der Waals surface area (Å²) >= 11 is 0. The predicted molar refractivity (Wildman–Crippen MR) is 144 cm³/mol. The second-order valence-corrected chi connectivity index (χ2v) is 10.1. The molecule has 3 aromatic rings. The quantitative estimate of drug-likeness (QED) is 0.166. The monoisotopic (exact) mass is 574 g/mol. The zero-order valence-corrected chi connectivity index (χ0v) is 23.1. The Hall–Kier alpha value is -3.89. The zero-order valence-electron chi connectivity index (χ0n) is 23.1. The van der Waals surface area contributed by atoms with Crippen LogP contribution in [0.15, 0.2) is 47.6 Å². The van der Waals surface area contributed by atoms with Crippen LogP contribution < -0.4 is 4.84 Å². The molecule has 218 valence electrons. The number of piperidine rings is 1. The van der Waals surface area contributed by atoms with Crippen molar-refractivity contribution in [1.29, 1.82) is 0 Å². The number of aromatic nitrogens is 2. The zero-order chi connectivity index (χ0) is 29.7. The van der Waals surface area contributed by atoms with Gasteiger partial charge in [-0.25, -0.2) is 18.7 Å². The van der Waals surface area contributed by atoms with Gasteiger partial charge in [0.15, 0.2) is 5.75 Å². The maximum absolute atomic E-state index is 14.1. The van der Waals surface area contributed by atoms with Crippen LogP contribution in [0.4, 0.5) is 22.0 Å². The molecule has 0 radical (unpaired) electrons. The highest BCUT2D eigenvalue weighted by molar-refractivity contribution is 6.02. The summed E-state index contributed by atoms with van der Waals surface area (Å²) in [4.78, 5) is 29.2. The summed E-state index contributed by atoms with van der Waals surface area (Å²) < 4.78 is 67.6. The van der Waals surface area contributed by atoms with Crippen LogP contribution in [0.1, 0.15) is 72.4 Å². The van der Waals surface area contributed by atoms with Crippen molar-refractivity contribution in [1.82, 2.24) is 14.9 Å². The van der Waals surface area contributed by atoms with Gasteiger partial charge in [0.1, 0.15) is 17.5 Å². The minimum absolute atomic E-state index is 0.0428. The highest BCUT2D eigenvalue weighted by atomic mass is 19.4. The summed E-state index contributed by atoms with van der Waals surface area (Å²) in [7, 11) is 0. The average molecular weight is 575 g/mol. The van der Waals surface area contributed by atoms with Crippen molar-refractivity contribution in [3.8, 4) is 5.75 Å². The first kappa shape index (κ1) is 30.1. The fourth-order valence-electron chi connectivity index (χ4n) is 5.05. The third kappa shape index (κ3) is 7.25. The topological polar surface area (TPSA) is 67.7 Å². The van der Waals surface area contributed by atoms with Crippen LogP contribution in [0.25, 0.3) is 0 Å². The van der Waals surface area contributed by atoms with Gasteiger partial charge in [0.05, 0.1) is 29.1 Å². The fraction of sp³-hybridized carbons (Fsp3) is 0.400. The summed E-state index contributed by atoms with van der Waals surface area (Å²) in [6.07, 6.45) is -2.59. The molecule has 0 N–H and O–H groups in total. The van der Waals surface area contributed by atoms with Crippen molar-refractivity contribution in [2.24, 2.45) is 5.16 Å². The summed E-state index contributed by atoms with van der Waals surface area (Å²) in [6.45, 7) is 6.30. The van der Waals surface area contributed by atoms with Gasteiger partial charge in [-0.3, -0.25) is 4.79 Å². The molecule has 2 heterocycles. The molecule has 1 amide bonds. The summed E-state index contributed by atoms with van der Waals surface area (Å²) in [5, 5.41) is 4.26. The van der Waals surface area contributed by atoms with Gasteiger partial charge in [0.25, 0.3) is 0 Å². The first-order chi connectivity index (χ1) is 19.5. The normalized spacial score (nSPS) is 14.8. The lowest BCUT2D eigenvalue weighted by Gasteiger charge is -2.33. The maximum atomic E-state index is 14.1. The Morgan fingerprint density at radius 1 is 1.05 bits per heavy atom. The molecule has 0 aliphatic carbocycles. The van der Waals surface area contributed by atoms with Gasteiger partial charge in [-0.1, -0.05) is 30.6 Å². The van der Waals surface area contributed by atoms with Crippen molar-refractivity contribution in [2.75, 3.05) is 13.1 Å². The highest BCUT2D eigenvalue weighted by Gasteiger charge is 2.31. The molecule has 0 unspecified atom stereocenters. The van der Waals surface area contributed by atoms with Gasteiger partial charge < -0.3 is 9.74 Å². The Balaban J connectivity index is 1.55. The van der Waals surface area contributed by atoms with Crippen LogP contribution in [0, 0.1) is 25.5 Å². The molecule has 6 nitrogen and oxygen atoms in total. The van der Waals surface area contributed by atoms with E-state index in [1.165, 1.54) is 18.2 Å². The Morgan fingerprint density at radius 3 is 2.34 bits per heavy atom. The van der Waals surface area contributed by atoms with Gasteiger partial charge in [0.2, 0.25) is 5.91 Å². The number of hydrogen-bond donors (Lipinski definition) is 0. The minimum Gasteiger partial charge on any atom is -0.357 e. The van der Waals surface area contributed by atoms with Crippen LogP contribution in [-0.4, -0.2) is 39.6 Å². The molecular weight excluding hydrogens is 543 g/mol. The second-order valence-electron chi connectivity index (χ2n) is 10.1. The van der Waals surface area contributed by atoms with E-state index < -0.39 is 23.4 Å². The van der Waals surface area contributed by atoms with E-state index in [2.05, 4.69) is 10.1 Å². The van der Waals surface area contributed by atoms with Crippen molar-refractivity contribution in [2.45, 2.75) is 65.0 Å². The Morgan fingerprint density at radius 2 is 1.71 bits per heavy atom. The first-order valence-electron chi connectivity index (χ1n) is 13.4. The van der Waals surface area contributed by atoms with Crippen molar-refractivity contribution >= 4 is 11.6 Å². The SMILES string of the molecule is CCC/C(=N\Oc1cccc(C(F)(F)F)c1)c1c(C)nc(C)nc1C1CCN(C(=O)Cc2c(F)cccc2F)CC1. The Kier molecular flexibility index (Phi) is 9.35. The van der Waals surface area contributed by atoms with E-state index in [4.69, 9.17) is 9.82 Å². The van der Waals surface area contributed by atoms with Crippen LogP contribution in [0.2, 0.25) is 0 Å². The van der Waals surface area contributed by atoms with E-state index in [1.54, 1.807) is 11.8 Å². The van der Waals surface area contributed by atoms with E-state index in [0.29, 0.717) is 61.6 Å². The van der Waals surface area contributed by atoms with Gasteiger partial charge in [-0.15, -0.1) is 0 Å². The molecule has 0 atom stereocenters. The molecule has 1 aliphatic heterocycles. The molecule has 41 heavy (non-hydrogen) atoms. The largest absolute Gasteiger partial charge is 0.416 e. The minimum atomic E-state index is -4.51. The van der Waals surface area contributed by atoms with E-state index in [1.807, 2.05) is 13.8 Å². The van der Waals surface area contributed by atoms with Crippen LogP contribution >= 0.6 is 0 Å². The average Bonchev–Trinajstić information content (AvgIpc) is 2.93. The lowest BCUT2D eigenvalue weighted by atomic mass is 9.87. The molecule has 11 heteroatoms. The van der Waals surface area contributed by atoms with Crippen molar-refractivity contribution in [3.05, 3.63) is 88.0 Å². The molecule has 1 aliphatic rings. The van der Waals surface area contributed by atoms with Gasteiger partial charge in [-0.2, -0.15) is 13.2 Å². The molecule has 2 aromatic carbocycles. The van der Waals surface area contributed by atoms with Gasteiger partial charge >= 0.3 is 6.18 Å².